The Morgan fingerprint density at radius 2 is 1.23 bits per heavy atom. The number of halogens is 2. The summed E-state index contributed by atoms with van der Waals surface area (Å²) >= 11 is 0. The van der Waals surface area contributed by atoms with E-state index in [1.54, 1.807) is 0 Å². The normalized spacial score (nSPS) is 12.9. The van der Waals surface area contributed by atoms with Gasteiger partial charge in [-0.1, -0.05) is 89.7 Å². The quantitative estimate of drug-likeness (QED) is 0.321. The molecule has 0 aromatic heterocycles. The average Bonchev–Trinajstić information content (AvgIpc) is 3.15. The number of aryl methyl sites for hydroxylation is 2. The summed E-state index contributed by atoms with van der Waals surface area (Å²) in [4.78, 5) is 0. The van der Waals surface area contributed by atoms with Gasteiger partial charge >= 0.3 is 26.2 Å². The molecule has 1 aliphatic rings. The first-order valence-corrected chi connectivity index (χ1v) is 12.0. The van der Waals surface area contributed by atoms with E-state index >= 15 is 0 Å². The van der Waals surface area contributed by atoms with E-state index in [0.717, 1.165) is 9.52 Å². The van der Waals surface area contributed by atoms with Gasteiger partial charge in [-0.15, -0.1) is 41.0 Å². The fourth-order valence-electron chi connectivity index (χ4n) is 3.47. The molecule has 162 valence electrons. The van der Waals surface area contributed by atoms with Gasteiger partial charge in [-0.05, 0) is 5.92 Å². The molecule has 0 amide bonds. The van der Waals surface area contributed by atoms with Crippen molar-refractivity contribution in [3.8, 4) is 0 Å². The van der Waals surface area contributed by atoms with E-state index in [1.807, 2.05) is 0 Å². The molecule has 0 nitrogen and oxygen atoms in total. The minimum Gasteiger partial charge on any atom is -1.00 e. The Labute approximate surface area is 224 Å². The van der Waals surface area contributed by atoms with Gasteiger partial charge in [0.1, 0.15) is 0 Å². The molecule has 0 fully saturated rings. The molecule has 0 N–H and O–H groups in total. The standard InChI is InChI=1S/C16H13.C9H13.C2H6Si.2ClH.Zr/c1-12-15-10-6-5-9-14(15)11-16(12)13-7-3-2-4-8-13;1-6-5-7(2)9(4)8(6)3;1-3-2;;;/h2-10,12H,1H3;5H,1-4H3;1-2H3;2*1H;/q2*-1;;;;+4/p-2. The van der Waals surface area contributed by atoms with Gasteiger partial charge in [-0.2, -0.15) is 28.3 Å². The van der Waals surface area contributed by atoms with Crippen molar-refractivity contribution < 1.29 is 51.0 Å². The molecule has 1 unspecified atom stereocenters. The molecule has 3 aromatic rings. The van der Waals surface area contributed by atoms with Crippen molar-refractivity contribution in [2.24, 2.45) is 0 Å². The Kier molecular flexibility index (Phi) is 16.6. The Morgan fingerprint density at radius 1 is 0.774 bits per heavy atom. The zero-order valence-corrected chi connectivity index (χ0v) is 24.6. The minimum atomic E-state index is 0. The summed E-state index contributed by atoms with van der Waals surface area (Å²) in [5.41, 5.74) is 11.0. The monoisotopic (exact) mass is 544 g/mol. The number of rotatable bonds is 1. The molecule has 3 aromatic carbocycles. The van der Waals surface area contributed by atoms with Crippen LogP contribution in [0.15, 0.2) is 60.7 Å². The van der Waals surface area contributed by atoms with Crippen LogP contribution in [0.4, 0.5) is 0 Å². The molecular weight excluding hydrogens is 515 g/mol. The summed E-state index contributed by atoms with van der Waals surface area (Å²) in [5.74, 6) is 0.457. The molecule has 1 aliphatic carbocycles. The molecule has 0 saturated carbocycles. The van der Waals surface area contributed by atoms with Gasteiger partial charge in [-0.3, -0.25) is 0 Å². The van der Waals surface area contributed by atoms with Crippen molar-refractivity contribution in [2.75, 3.05) is 0 Å². The third-order valence-electron chi connectivity index (χ3n) is 5.39. The summed E-state index contributed by atoms with van der Waals surface area (Å²) in [5, 5.41) is 0. The largest absolute Gasteiger partial charge is 4.00 e. The minimum absolute atomic E-state index is 0. The van der Waals surface area contributed by atoms with Gasteiger partial charge in [-0.25, -0.2) is 0 Å². The summed E-state index contributed by atoms with van der Waals surface area (Å²) in [6.07, 6.45) is 3.52. The topological polar surface area (TPSA) is 0 Å². The van der Waals surface area contributed by atoms with Crippen molar-refractivity contribution in [1.82, 2.24) is 0 Å². The average molecular weight is 547 g/mol. The van der Waals surface area contributed by atoms with Crippen LogP contribution in [0, 0.1) is 33.8 Å². The summed E-state index contributed by atoms with van der Waals surface area (Å²) in [7, 11) is 1.08. The first kappa shape index (κ1) is 32.4. The van der Waals surface area contributed by atoms with Crippen molar-refractivity contribution in [3.05, 3.63) is 106 Å². The molecule has 0 saturated heterocycles. The summed E-state index contributed by atoms with van der Waals surface area (Å²) < 4.78 is 0. The molecule has 0 spiro atoms. The van der Waals surface area contributed by atoms with Crippen molar-refractivity contribution in [3.63, 3.8) is 0 Å². The van der Waals surface area contributed by atoms with E-state index < -0.39 is 0 Å². The summed E-state index contributed by atoms with van der Waals surface area (Å²) in [6, 6.07) is 21.3. The van der Waals surface area contributed by atoms with Crippen LogP contribution in [0.3, 0.4) is 0 Å². The van der Waals surface area contributed by atoms with Crippen molar-refractivity contribution in [2.45, 2.75) is 53.6 Å². The third-order valence-corrected chi connectivity index (χ3v) is 5.39. The van der Waals surface area contributed by atoms with E-state index in [9.17, 15) is 0 Å². The number of hydrogen-bond donors (Lipinski definition) is 0. The van der Waals surface area contributed by atoms with E-state index in [1.165, 1.54) is 44.5 Å². The fraction of sp³-hybridized carbons (Fsp3) is 0.296. The maximum atomic E-state index is 3.52. The van der Waals surface area contributed by atoms with Gasteiger partial charge in [0.25, 0.3) is 0 Å². The van der Waals surface area contributed by atoms with Crippen LogP contribution >= 0.6 is 0 Å². The van der Waals surface area contributed by atoms with E-state index in [2.05, 4.69) is 114 Å². The zero-order valence-electron chi connectivity index (χ0n) is 19.6. The second kappa shape index (κ2) is 15.9. The molecule has 0 aliphatic heterocycles. The third kappa shape index (κ3) is 8.58. The second-order valence-corrected chi connectivity index (χ2v) is 8.47. The molecule has 4 rings (SSSR count). The maximum absolute atomic E-state index is 3.52. The fourth-order valence-corrected chi connectivity index (χ4v) is 3.47. The van der Waals surface area contributed by atoms with Crippen LogP contribution in [-0.4, -0.2) is 9.52 Å². The zero-order chi connectivity index (χ0) is 20.7. The molecular formula is C27H32Cl2SiZr. The van der Waals surface area contributed by atoms with Gasteiger partial charge in [0.15, 0.2) is 0 Å². The molecule has 2 radical (unpaired) electrons. The van der Waals surface area contributed by atoms with Crippen LogP contribution in [-0.2, 0) is 26.2 Å². The first-order chi connectivity index (χ1) is 13.4. The number of hydrogen-bond acceptors (Lipinski definition) is 0. The van der Waals surface area contributed by atoms with Crippen LogP contribution in [0.2, 0.25) is 13.1 Å². The van der Waals surface area contributed by atoms with Gasteiger partial charge < -0.3 is 24.8 Å². The number of benzene rings is 2. The van der Waals surface area contributed by atoms with Crippen molar-refractivity contribution in [1.29, 1.82) is 0 Å². The van der Waals surface area contributed by atoms with Gasteiger partial charge in [0.2, 0.25) is 0 Å². The van der Waals surface area contributed by atoms with Crippen LogP contribution in [0.5, 0.6) is 0 Å². The first-order valence-electron chi connectivity index (χ1n) is 9.97. The predicted octanol–water partition coefficient (Wildman–Crippen LogP) is 1.47. The van der Waals surface area contributed by atoms with Crippen molar-refractivity contribution >= 4 is 15.1 Å². The number of fused-ring (bicyclic) bond motifs is 1. The summed E-state index contributed by atoms with van der Waals surface area (Å²) in [6.45, 7) is 15.2. The Bertz CT molecular complexity index is 907. The van der Waals surface area contributed by atoms with E-state index in [-0.39, 0.29) is 51.0 Å². The smallest absolute Gasteiger partial charge is 1.00 e. The molecule has 4 heteroatoms. The maximum Gasteiger partial charge on any atom is 4.00 e. The molecule has 31 heavy (non-hydrogen) atoms. The Morgan fingerprint density at radius 3 is 1.65 bits per heavy atom. The number of allylic oxidation sites excluding steroid dienone is 1. The Balaban J connectivity index is 0. The second-order valence-electron chi connectivity index (χ2n) is 7.47. The van der Waals surface area contributed by atoms with Gasteiger partial charge in [0.05, 0.1) is 0 Å². The van der Waals surface area contributed by atoms with Crippen LogP contribution in [0.1, 0.15) is 51.8 Å². The van der Waals surface area contributed by atoms with Crippen LogP contribution in [0.25, 0.3) is 5.57 Å². The SMILES string of the molecule is CC1C(c2ccccc2)=[C-]c2ccccc21.C[Si]C.Cc1[cH-]c(C)c(C)c1C.[Cl-].[Cl-].[Zr+4]. The molecule has 0 heterocycles. The predicted molar refractivity (Wildman–Crippen MR) is 126 cm³/mol. The van der Waals surface area contributed by atoms with E-state index in [4.69, 9.17) is 0 Å². The Hall–Kier alpha value is -0.790. The molecule has 0 bridgehead atoms. The van der Waals surface area contributed by atoms with Gasteiger partial charge in [0, 0.05) is 9.52 Å². The van der Waals surface area contributed by atoms with E-state index in [0.29, 0.717) is 5.92 Å². The van der Waals surface area contributed by atoms with Crippen LogP contribution < -0.4 is 24.8 Å². The molecule has 1 atom stereocenters.